The second-order valence-corrected chi connectivity index (χ2v) is 4.76. The number of carbonyl (C=O) groups excluding carboxylic acids is 1. The first kappa shape index (κ1) is 12.8. The molecular formula is C13H13BrN2O2. The van der Waals surface area contributed by atoms with E-state index in [1.54, 1.807) is 36.5 Å². The smallest absolute Gasteiger partial charge is 0.289 e. The van der Waals surface area contributed by atoms with E-state index >= 15 is 0 Å². The van der Waals surface area contributed by atoms with Gasteiger partial charge in [-0.3, -0.25) is 9.78 Å². The Morgan fingerprint density at radius 2 is 2.00 bits per heavy atom. The van der Waals surface area contributed by atoms with E-state index in [1.807, 2.05) is 19.1 Å². The lowest BCUT2D eigenvalue weighted by atomic mass is 10.1. The minimum absolute atomic E-state index is 0.0376. The summed E-state index contributed by atoms with van der Waals surface area (Å²) in [6.07, 6.45) is 3.43. The lowest BCUT2D eigenvalue weighted by Gasteiger charge is -2.24. The summed E-state index contributed by atoms with van der Waals surface area (Å²) >= 11 is 3.19. The minimum atomic E-state index is -0.148. The molecule has 0 bridgehead atoms. The van der Waals surface area contributed by atoms with Gasteiger partial charge in [0.05, 0.1) is 6.04 Å². The van der Waals surface area contributed by atoms with E-state index in [-0.39, 0.29) is 11.9 Å². The van der Waals surface area contributed by atoms with Crippen molar-refractivity contribution in [3.8, 4) is 0 Å². The summed E-state index contributed by atoms with van der Waals surface area (Å²) in [6, 6.07) is 7.11. The van der Waals surface area contributed by atoms with Gasteiger partial charge in [-0.05, 0) is 52.7 Å². The van der Waals surface area contributed by atoms with Gasteiger partial charge < -0.3 is 9.32 Å². The van der Waals surface area contributed by atoms with Crippen molar-refractivity contribution in [1.82, 2.24) is 9.88 Å². The van der Waals surface area contributed by atoms with Crippen LogP contribution in [0.25, 0.3) is 0 Å². The predicted molar refractivity (Wildman–Crippen MR) is 71.2 cm³/mol. The van der Waals surface area contributed by atoms with Crippen LogP contribution in [0.5, 0.6) is 0 Å². The number of nitrogens with zero attached hydrogens (tertiary/aromatic N) is 2. The summed E-state index contributed by atoms with van der Waals surface area (Å²) in [6.45, 7) is 1.96. The van der Waals surface area contributed by atoms with Crippen LogP contribution >= 0.6 is 15.9 Å². The highest BCUT2D eigenvalue weighted by Gasteiger charge is 2.21. The standard InChI is InChI=1S/C13H13BrN2O2/c1-9(10-5-7-15-8-6-10)16(2)13(17)11-3-4-12(14)18-11/h3-9H,1-2H3. The first-order valence-electron chi connectivity index (χ1n) is 5.52. The average molecular weight is 309 g/mol. The Bertz CT molecular complexity index is 539. The van der Waals surface area contributed by atoms with E-state index in [0.29, 0.717) is 10.4 Å². The van der Waals surface area contributed by atoms with E-state index in [4.69, 9.17) is 4.42 Å². The Morgan fingerprint density at radius 3 is 2.56 bits per heavy atom. The normalized spacial score (nSPS) is 12.2. The maximum absolute atomic E-state index is 12.2. The number of rotatable bonds is 3. The van der Waals surface area contributed by atoms with Crippen LogP contribution in [-0.4, -0.2) is 22.8 Å². The Kier molecular flexibility index (Phi) is 3.81. The molecule has 0 aliphatic carbocycles. The molecule has 0 aliphatic rings. The number of carbonyl (C=O) groups is 1. The predicted octanol–water partition coefficient (Wildman–Crippen LogP) is 3.27. The zero-order valence-electron chi connectivity index (χ0n) is 10.1. The van der Waals surface area contributed by atoms with Crippen molar-refractivity contribution in [1.29, 1.82) is 0 Å². The van der Waals surface area contributed by atoms with Gasteiger partial charge in [0.15, 0.2) is 10.4 Å². The number of amides is 1. The van der Waals surface area contributed by atoms with E-state index in [2.05, 4.69) is 20.9 Å². The topological polar surface area (TPSA) is 46.3 Å². The Balaban J connectivity index is 2.16. The molecule has 2 heterocycles. The third-order valence-corrected chi connectivity index (χ3v) is 3.30. The summed E-state index contributed by atoms with van der Waals surface area (Å²) in [7, 11) is 1.75. The highest BCUT2D eigenvalue weighted by atomic mass is 79.9. The van der Waals surface area contributed by atoms with Crippen molar-refractivity contribution < 1.29 is 9.21 Å². The molecule has 1 unspecified atom stereocenters. The lowest BCUT2D eigenvalue weighted by Crippen LogP contribution is -2.29. The first-order valence-corrected chi connectivity index (χ1v) is 6.31. The Morgan fingerprint density at radius 1 is 1.33 bits per heavy atom. The van der Waals surface area contributed by atoms with Gasteiger partial charge in [0.25, 0.3) is 5.91 Å². The van der Waals surface area contributed by atoms with Crippen LogP contribution in [0.2, 0.25) is 0 Å². The van der Waals surface area contributed by atoms with E-state index in [9.17, 15) is 4.79 Å². The van der Waals surface area contributed by atoms with Crippen LogP contribution < -0.4 is 0 Å². The monoisotopic (exact) mass is 308 g/mol. The Labute approximate surface area is 114 Å². The zero-order valence-corrected chi connectivity index (χ0v) is 11.7. The average Bonchev–Trinajstić information content (AvgIpc) is 2.84. The maximum atomic E-state index is 12.2. The van der Waals surface area contributed by atoms with E-state index in [0.717, 1.165) is 5.56 Å². The number of pyridine rings is 1. The van der Waals surface area contributed by atoms with Crippen molar-refractivity contribution in [3.63, 3.8) is 0 Å². The second-order valence-electron chi connectivity index (χ2n) is 3.98. The number of aromatic nitrogens is 1. The molecule has 0 saturated carbocycles. The fourth-order valence-corrected chi connectivity index (χ4v) is 1.95. The number of hydrogen-bond acceptors (Lipinski definition) is 3. The SMILES string of the molecule is CC(c1ccncc1)N(C)C(=O)c1ccc(Br)o1. The second kappa shape index (κ2) is 5.35. The third kappa shape index (κ3) is 2.61. The summed E-state index contributed by atoms with van der Waals surface area (Å²) in [5, 5.41) is 0. The molecule has 1 atom stereocenters. The number of furan rings is 1. The number of halogens is 1. The molecule has 0 aromatic carbocycles. The van der Waals surface area contributed by atoms with Crippen LogP contribution in [0.4, 0.5) is 0 Å². The van der Waals surface area contributed by atoms with Crippen LogP contribution in [0, 0.1) is 0 Å². The quantitative estimate of drug-likeness (QED) is 0.874. The summed E-state index contributed by atoms with van der Waals surface area (Å²) < 4.78 is 5.82. The fourth-order valence-electron chi connectivity index (χ4n) is 1.64. The van der Waals surface area contributed by atoms with Gasteiger partial charge in [-0.25, -0.2) is 0 Å². The van der Waals surface area contributed by atoms with Crippen LogP contribution in [0.3, 0.4) is 0 Å². The fraction of sp³-hybridized carbons (Fsp3) is 0.231. The molecule has 0 N–H and O–H groups in total. The van der Waals surface area contributed by atoms with Gasteiger partial charge in [-0.15, -0.1) is 0 Å². The van der Waals surface area contributed by atoms with Crippen molar-refractivity contribution in [2.75, 3.05) is 7.05 Å². The molecule has 2 rings (SSSR count). The summed E-state index contributed by atoms with van der Waals surface area (Å²) in [5.74, 6) is 0.176. The molecule has 0 spiro atoms. The molecule has 0 fully saturated rings. The van der Waals surface area contributed by atoms with Crippen molar-refractivity contribution in [3.05, 3.63) is 52.7 Å². The first-order chi connectivity index (χ1) is 8.59. The van der Waals surface area contributed by atoms with E-state index < -0.39 is 0 Å². The largest absolute Gasteiger partial charge is 0.444 e. The van der Waals surface area contributed by atoms with E-state index in [1.165, 1.54) is 0 Å². The van der Waals surface area contributed by atoms with Crippen LogP contribution in [0.1, 0.15) is 29.1 Å². The molecule has 1 amide bonds. The van der Waals surface area contributed by atoms with Gasteiger partial charge >= 0.3 is 0 Å². The van der Waals surface area contributed by atoms with Gasteiger partial charge in [-0.1, -0.05) is 0 Å². The van der Waals surface area contributed by atoms with Gasteiger partial charge in [0.1, 0.15) is 0 Å². The summed E-state index contributed by atoms with van der Waals surface area (Å²) in [4.78, 5) is 17.8. The molecule has 0 saturated heterocycles. The van der Waals surface area contributed by atoms with Crippen LogP contribution in [-0.2, 0) is 0 Å². The van der Waals surface area contributed by atoms with Gasteiger partial charge in [0.2, 0.25) is 0 Å². The molecule has 5 heteroatoms. The van der Waals surface area contributed by atoms with Crippen molar-refractivity contribution in [2.45, 2.75) is 13.0 Å². The molecule has 4 nitrogen and oxygen atoms in total. The van der Waals surface area contributed by atoms with Gasteiger partial charge in [-0.2, -0.15) is 0 Å². The minimum Gasteiger partial charge on any atom is -0.444 e. The highest BCUT2D eigenvalue weighted by molar-refractivity contribution is 9.10. The molecular weight excluding hydrogens is 296 g/mol. The molecule has 2 aromatic heterocycles. The lowest BCUT2D eigenvalue weighted by molar-refractivity contribution is 0.0709. The summed E-state index contributed by atoms with van der Waals surface area (Å²) in [5.41, 5.74) is 1.03. The molecule has 0 radical (unpaired) electrons. The van der Waals surface area contributed by atoms with Crippen molar-refractivity contribution in [2.24, 2.45) is 0 Å². The maximum Gasteiger partial charge on any atom is 0.289 e. The molecule has 2 aromatic rings. The molecule has 18 heavy (non-hydrogen) atoms. The zero-order chi connectivity index (χ0) is 13.1. The molecule has 0 aliphatic heterocycles. The van der Waals surface area contributed by atoms with Crippen molar-refractivity contribution >= 4 is 21.8 Å². The van der Waals surface area contributed by atoms with Gasteiger partial charge in [0, 0.05) is 19.4 Å². The molecule has 94 valence electrons. The third-order valence-electron chi connectivity index (χ3n) is 2.87. The van der Waals surface area contributed by atoms with Crippen LogP contribution in [0.15, 0.2) is 45.7 Å². The highest BCUT2D eigenvalue weighted by Crippen LogP contribution is 2.22. The Hall–Kier alpha value is -1.62. The number of hydrogen-bond donors (Lipinski definition) is 0.